The van der Waals surface area contributed by atoms with Gasteiger partial charge in [-0.05, 0) is 25.0 Å². The molecule has 1 aromatic heterocycles. The molecule has 1 atom stereocenters. The van der Waals surface area contributed by atoms with Crippen molar-refractivity contribution >= 4 is 5.97 Å². The van der Waals surface area contributed by atoms with Crippen molar-refractivity contribution in [3.05, 3.63) is 29.8 Å². The van der Waals surface area contributed by atoms with Crippen molar-refractivity contribution in [2.45, 2.75) is 18.9 Å². The van der Waals surface area contributed by atoms with Crippen LogP contribution < -0.4 is 0 Å². The maximum absolute atomic E-state index is 12.5. The SMILES string of the molecule is O=C(OCC1CCCO1)c1ccc(F)nc1. The third kappa shape index (κ3) is 2.76. The molecule has 0 bridgehead atoms. The van der Waals surface area contributed by atoms with Crippen molar-refractivity contribution in [3.63, 3.8) is 0 Å². The highest BCUT2D eigenvalue weighted by Gasteiger charge is 2.18. The highest BCUT2D eigenvalue weighted by Crippen LogP contribution is 2.12. The molecule has 0 N–H and O–H groups in total. The maximum Gasteiger partial charge on any atom is 0.339 e. The van der Waals surface area contributed by atoms with E-state index in [1.165, 1.54) is 6.07 Å². The minimum atomic E-state index is -0.615. The summed E-state index contributed by atoms with van der Waals surface area (Å²) < 4.78 is 22.8. The summed E-state index contributed by atoms with van der Waals surface area (Å²) in [7, 11) is 0. The molecule has 0 radical (unpaired) electrons. The van der Waals surface area contributed by atoms with Gasteiger partial charge in [0, 0.05) is 12.8 Å². The largest absolute Gasteiger partial charge is 0.459 e. The van der Waals surface area contributed by atoms with Crippen LogP contribution in [0.4, 0.5) is 4.39 Å². The zero-order valence-electron chi connectivity index (χ0n) is 8.69. The first-order valence-electron chi connectivity index (χ1n) is 5.16. The Kier molecular flexibility index (Phi) is 3.46. The Morgan fingerprint density at radius 1 is 1.62 bits per heavy atom. The fourth-order valence-corrected chi connectivity index (χ4v) is 1.52. The van der Waals surface area contributed by atoms with E-state index in [1.807, 2.05) is 0 Å². The molecule has 1 saturated heterocycles. The van der Waals surface area contributed by atoms with Crippen LogP contribution >= 0.6 is 0 Å². The number of rotatable bonds is 3. The lowest BCUT2D eigenvalue weighted by Gasteiger charge is -2.09. The van der Waals surface area contributed by atoms with Crippen LogP contribution in [0.2, 0.25) is 0 Å². The van der Waals surface area contributed by atoms with Crippen molar-refractivity contribution in [2.75, 3.05) is 13.2 Å². The highest BCUT2D eigenvalue weighted by molar-refractivity contribution is 5.88. The number of hydrogen-bond donors (Lipinski definition) is 0. The van der Waals surface area contributed by atoms with Gasteiger partial charge in [0.15, 0.2) is 0 Å². The van der Waals surface area contributed by atoms with Gasteiger partial charge in [0.25, 0.3) is 0 Å². The van der Waals surface area contributed by atoms with Gasteiger partial charge in [-0.1, -0.05) is 0 Å². The third-order valence-electron chi connectivity index (χ3n) is 2.39. The molecule has 5 heteroatoms. The molecule has 0 spiro atoms. The Balaban J connectivity index is 1.85. The van der Waals surface area contributed by atoms with E-state index in [4.69, 9.17) is 9.47 Å². The first-order chi connectivity index (χ1) is 7.75. The van der Waals surface area contributed by atoms with Crippen molar-refractivity contribution in [3.8, 4) is 0 Å². The van der Waals surface area contributed by atoms with Crippen LogP contribution in [0.15, 0.2) is 18.3 Å². The zero-order chi connectivity index (χ0) is 11.4. The molecule has 1 aliphatic heterocycles. The lowest BCUT2D eigenvalue weighted by molar-refractivity contribution is 0.0161. The topological polar surface area (TPSA) is 48.4 Å². The standard InChI is InChI=1S/C11H12FNO3/c12-10-4-3-8(6-13-10)11(14)16-7-9-2-1-5-15-9/h3-4,6,9H,1-2,5,7H2. The zero-order valence-corrected chi connectivity index (χ0v) is 8.69. The molecular formula is C11H12FNO3. The Bertz CT molecular complexity index is 360. The van der Waals surface area contributed by atoms with E-state index in [0.717, 1.165) is 31.7 Å². The second kappa shape index (κ2) is 5.03. The lowest BCUT2D eigenvalue weighted by atomic mass is 10.2. The van der Waals surface area contributed by atoms with Crippen LogP contribution in [0, 0.1) is 5.95 Å². The van der Waals surface area contributed by atoms with Crippen molar-refractivity contribution in [1.82, 2.24) is 4.98 Å². The van der Waals surface area contributed by atoms with E-state index >= 15 is 0 Å². The quantitative estimate of drug-likeness (QED) is 0.578. The van der Waals surface area contributed by atoms with Crippen molar-refractivity contribution in [2.24, 2.45) is 0 Å². The maximum atomic E-state index is 12.5. The molecule has 1 aliphatic rings. The number of halogens is 1. The number of carbonyl (C=O) groups excluding carboxylic acids is 1. The summed E-state index contributed by atoms with van der Waals surface area (Å²) in [6.07, 6.45) is 3.07. The van der Waals surface area contributed by atoms with Crippen LogP contribution in [-0.2, 0) is 9.47 Å². The molecule has 1 aromatic rings. The Labute approximate surface area is 92.4 Å². The van der Waals surface area contributed by atoms with Crippen LogP contribution in [0.3, 0.4) is 0 Å². The summed E-state index contributed by atoms with van der Waals surface area (Å²) in [5.41, 5.74) is 0.249. The average Bonchev–Trinajstić information content (AvgIpc) is 2.80. The first kappa shape index (κ1) is 11.0. The smallest absolute Gasteiger partial charge is 0.339 e. The number of hydrogen-bond acceptors (Lipinski definition) is 4. The second-order valence-corrected chi connectivity index (χ2v) is 3.60. The molecule has 2 heterocycles. The summed E-state index contributed by atoms with van der Waals surface area (Å²) in [6, 6.07) is 2.48. The predicted molar refractivity (Wildman–Crippen MR) is 53.5 cm³/mol. The summed E-state index contributed by atoms with van der Waals surface area (Å²) >= 11 is 0. The number of ether oxygens (including phenoxy) is 2. The molecule has 16 heavy (non-hydrogen) atoms. The molecule has 1 fully saturated rings. The van der Waals surface area contributed by atoms with Crippen LogP contribution in [0.1, 0.15) is 23.2 Å². The minimum absolute atomic E-state index is 0.00245. The fourth-order valence-electron chi connectivity index (χ4n) is 1.52. The van der Waals surface area contributed by atoms with Gasteiger partial charge < -0.3 is 9.47 Å². The van der Waals surface area contributed by atoms with E-state index in [2.05, 4.69) is 4.98 Å². The Morgan fingerprint density at radius 3 is 3.12 bits per heavy atom. The van der Waals surface area contributed by atoms with Gasteiger partial charge in [0.2, 0.25) is 5.95 Å². The first-order valence-corrected chi connectivity index (χ1v) is 5.16. The van der Waals surface area contributed by atoms with E-state index in [9.17, 15) is 9.18 Å². The van der Waals surface area contributed by atoms with E-state index in [1.54, 1.807) is 0 Å². The van der Waals surface area contributed by atoms with Gasteiger partial charge in [0.1, 0.15) is 6.61 Å². The molecule has 0 aromatic carbocycles. The number of carbonyl (C=O) groups is 1. The Morgan fingerprint density at radius 2 is 2.50 bits per heavy atom. The fraction of sp³-hybridized carbons (Fsp3) is 0.455. The molecule has 2 rings (SSSR count). The number of nitrogens with zero attached hydrogens (tertiary/aromatic N) is 1. The van der Waals surface area contributed by atoms with Gasteiger partial charge >= 0.3 is 5.97 Å². The van der Waals surface area contributed by atoms with E-state index in [-0.39, 0.29) is 18.3 Å². The summed E-state index contributed by atoms with van der Waals surface area (Å²) in [4.78, 5) is 14.9. The molecule has 0 amide bonds. The molecule has 86 valence electrons. The molecule has 0 aliphatic carbocycles. The molecule has 0 saturated carbocycles. The molecular weight excluding hydrogens is 213 g/mol. The van der Waals surface area contributed by atoms with Gasteiger partial charge in [-0.15, -0.1) is 0 Å². The van der Waals surface area contributed by atoms with E-state index < -0.39 is 11.9 Å². The molecule has 1 unspecified atom stereocenters. The van der Waals surface area contributed by atoms with Gasteiger partial charge in [-0.25, -0.2) is 9.78 Å². The second-order valence-electron chi connectivity index (χ2n) is 3.60. The number of aromatic nitrogens is 1. The van der Waals surface area contributed by atoms with Crippen LogP contribution in [0.5, 0.6) is 0 Å². The average molecular weight is 225 g/mol. The van der Waals surface area contributed by atoms with Crippen molar-refractivity contribution in [1.29, 1.82) is 0 Å². The predicted octanol–water partition coefficient (Wildman–Crippen LogP) is 1.56. The Hall–Kier alpha value is -1.49. The number of pyridine rings is 1. The summed E-state index contributed by atoms with van der Waals surface area (Å²) in [5.74, 6) is -1.11. The van der Waals surface area contributed by atoms with Crippen LogP contribution in [0.25, 0.3) is 0 Å². The van der Waals surface area contributed by atoms with Gasteiger partial charge in [0.05, 0.1) is 11.7 Å². The normalized spacial score (nSPS) is 19.7. The van der Waals surface area contributed by atoms with Gasteiger partial charge in [-0.3, -0.25) is 0 Å². The van der Waals surface area contributed by atoms with E-state index in [0.29, 0.717) is 0 Å². The van der Waals surface area contributed by atoms with Crippen molar-refractivity contribution < 1.29 is 18.7 Å². The van der Waals surface area contributed by atoms with Crippen LogP contribution in [-0.4, -0.2) is 30.3 Å². The summed E-state index contributed by atoms with van der Waals surface area (Å²) in [6.45, 7) is 0.969. The minimum Gasteiger partial charge on any atom is -0.459 e. The molecule has 4 nitrogen and oxygen atoms in total. The van der Waals surface area contributed by atoms with Gasteiger partial charge in [-0.2, -0.15) is 4.39 Å². The number of esters is 1. The monoisotopic (exact) mass is 225 g/mol. The lowest BCUT2D eigenvalue weighted by Crippen LogP contribution is -2.18. The summed E-state index contributed by atoms with van der Waals surface area (Å²) in [5, 5.41) is 0. The highest BCUT2D eigenvalue weighted by atomic mass is 19.1. The third-order valence-corrected chi connectivity index (χ3v) is 2.39.